The molecule has 0 bridgehead atoms. The summed E-state index contributed by atoms with van der Waals surface area (Å²) in [7, 11) is 0. The SMILES string of the molecule is CCC(O)CNC1CCSc2ccccc21. The molecule has 3 heteroatoms. The van der Waals surface area contributed by atoms with Crippen molar-refractivity contribution in [2.75, 3.05) is 12.3 Å². The highest BCUT2D eigenvalue weighted by Crippen LogP contribution is 2.35. The molecule has 0 radical (unpaired) electrons. The average molecular weight is 237 g/mol. The van der Waals surface area contributed by atoms with Gasteiger partial charge in [0.1, 0.15) is 0 Å². The maximum atomic E-state index is 9.57. The van der Waals surface area contributed by atoms with E-state index in [9.17, 15) is 5.11 Å². The molecule has 16 heavy (non-hydrogen) atoms. The van der Waals surface area contributed by atoms with Crippen LogP contribution in [-0.4, -0.2) is 23.5 Å². The molecule has 1 aromatic rings. The second kappa shape index (κ2) is 5.71. The van der Waals surface area contributed by atoms with Gasteiger partial charge in [0.05, 0.1) is 6.10 Å². The molecule has 0 aromatic heterocycles. The molecule has 0 saturated carbocycles. The fourth-order valence-corrected chi connectivity index (χ4v) is 3.10. The molecule has 2 atom stereocenters. The second-order valence-electron chi connectivity index (χ2n) is 4.20. The van der Waals surface area contributed by atoms with Crippen LogP contribution in [0.4, 0.5) is 0 Å². The number of hydrogen-bond acceptors (Lipinski definition) is 3. The summed E-state index contributed by atoms with van der Waals surface area (Å²) in [6.45, 7) is 2.71. The normalized spacial score (nSPS) is 21.5. The van der Waals surface area contributed by atoms with Crippen molar-refractivity contribution in [1.29, 1.82) is 0 Å². The molecule has 0 aliphatic carbocycles. The standard InChI is InChI=1S/C13H19NOS/c1-2-10(15)9-14-12-7-8-16-13-6-4-3-5-11(12)13/h3-6,10,12,14-15H,2,7-9H2,1H3. The first kappa shape index (κ1) is 12.0. The van der Waals surface area contributed by atoms with Crippen molar-refractivity contribution in [3.63, 3.8) is 0 Å². The van der Waals surface area contributed by atoms with E-state index < -0.39 is 0 Å². The van der Waals surface area contributed by atoms with Crippen LogP contribution in [-0.2, 0) is 0 Å². The summed E-state index contributed by atoms with van der Waals surface area (Å²) < 4.78 is 0. The van der Waals surface area contributed by atoms with Crippen molar-refractivity contribution in [3.8, 4) is 0 Å². The van der Waals surface area contributed by atoms with Gasteiger partial charge >= 0.3 is 0 Å². The number of fused-ring (bicyclic) bond motifs is 1. The predicted octanol–water partition coefficient (Wildman–Crippen LogP) is 2.58. The Hall–Kier alpha value is -0.510. The van der Waals surface area contributed by atoms with Crippen molar-refractivity contribution >= 4 is 11.8 Å². The Kier molecular flexibility index (Phi) is 4.27. The topological polar surface area (TPSA) is 32.3 Å². The Balaban J connectivity index is 2.01. The number of benzene rings is 1. The van der Waals surface area contributed by atoms with Crippen LogP contribution >= 0.6 is 11.8 Å². The van der Waals surface area contributed by atoms with Crippen LogP contribution in [0.5, 0.6) is 0 Å². The van der Waals surface area contributed by atoms with Crippen molar-refractivity contribution in [2.24, 2.45) is 0 Å². The minimum Gasteiger partial charge on any atom is -0.392 e. The Labute approximate surface area is 101 Å². The van der Waals surface area contributed by atoms with Gasteiger partial charge in [0.2, 0.25) is 0 Å². The zero-order valence-corrected chi connectivity index (χ0v) is 10.5. The number of rotatable bonds is 4. The number of thioether (sulfide) groups is 1. The summed E-state index contributed by atoms with van der Waals surface area (Å²) in [6, 6.07) is 8.98. The molecule has 0 amide bonds. The van der Waals surface area contributed by atoms with Gasteiger partial charge in [-0.25, -0.2) is 0 Å². The van der Waals surface area contributed by atoms with Gasteiger partial charge in [0.25, 0.3) is 0 Å². The van der Waals surface area contributed by atoms with Crippen LogP contribution in [0.15, 0.2) is 29.2 Å². The number of nitrogens with one attached hydrogen (secondary N) is 1. The van der Waals surface area contributed by atoms with E-state index in [1.807, 2.05) is 18.7 Å². The van der Waals surface area contributed by atoms with Crippen LogP contribution in [0, 0.1) is 0 Å². The first-order valence-corrected chi connectivity index (χ1v) is 6.93. The van der Waals surface area contributed by atoms with Crippen molar-refractivity contribution in [2.45, 2.75) is 36.8 Å². The third-order valence-corrected chi connectivity index (χ3v) is 4.15. The van der Waals surface area contributed by atoms with Gasteiger partial charge in [-0.2, -0.15) is 0 Å². The number of aliphatic hydroxyl groups is 1. The van der Waals surface area contributed by atoms with Crippen molar-refractivity contribution < 1.29 is 5.11 Å². The van der Waals surface area contributed by atoms with Crippen molar-refractivity contribution in [3.05, 3.63) is 29.8 Å². The molecular formula is C13H19NOS. The van der Waals surface area contributed by atoms with Crippen LogP contribution < -0.4 is 5.32 Å². The smallest absolute Gasteiger partial charge is 0.0662 e. The fourth-order valence-electron chi connectivity index (χ4n) is 1.98. The summed E-state index contributed by atoms with van der Waals surface area (Å²) >= 11 is 1.93. The lowest BCUT2D eigenvalue weighted by Gasteiger charge is -2.26. The highest BCUT2D eigenvalue weighted by molar-refractivity contribution is 7.99. The Morgan fingerprint density at radius 3 is 3.12 bits per heavy atom. The maximum absolute atomic E-state index is 9.57. The summed E-state index contributed by atoms with van der Waals surface area (Å²) in [4.78, 5) is 1.39. The van der Waals surface area contributed by atoms with E-state index in [2.05, 4.69) is 29.6 Å². The summed E-state index contributed by atoms with van der Waals surface area (Å²) in [5, 5.41) is 13.0. The first-order valence-electron chi connectivity index (χ1n) is 5.94. The molecule has 2 N–H and O–H groups in total. The van der Waals surface area contributed by atoms with Crippen LogP contribution in [0.1, 0.15) is 31.4 Å². The average Bonchev–Trinajstić information content (AvgIpc) is 2.35. The highest BCUT2D eigenvalue weighted by Gasteiger charge is 2.19. The van der Waals surface area contributed by atoms with Crippen LogP contribution in [0.3, 0.4) is 0 Å². The molecule has 0 saturated heterocycles. The van der Waals surface area contributed by atoms with E-state index in [-0.39, 0.29) is 6.10 Å². The first-order chi connectivity index (χ1) is 7.81. The molecule has 1 aliphatic rings. The van der Waals surface area contributed by atoms with Gasteiger partial charge in [-0.3, -0.25) is 0 Å². The Morgan fingerprint density at radius 2 is 2.31 bits per heavy atom. The third-order valence-electron chi connectivity index (χ3n) is 3.03. The summed E-state index contributed by atoms with van der Waals surface area (Å²) in [5.74, 6) is 1.16. The van der Waals surface area contributed by atoms with Gasteiger partial charge in [-0.1, -0.05) is 25.1 Å². The highest BCUT2D eigenvalue weighted by atomic mass is 32.2. The molecule has 1 aliphatic heterocycles. The molecule has 2 nitrogen and oxygen atoms in total. The molecule has 1 aromatic carbocycles. The van der Waals surface area contributed by atoms with Gasteiger partial charge in [-0.05, 0) is 30.2 Å². The third kappa shape index (κ3) is 2.78. The Morgan fingerprint density at radius 1 is 1.50 bits per heavy atom. The molecule has 2 unspecified atom stereocenters. The molecule has 0 fully saturated rings. The van der Waals surface area contributed by atoms with Crippen LogP contribution in [0.2, 0.25) is 0 Å². The molecule has 1 heterocycles. The zero-order chi connectivity index (χ0) is 11.4. The second-order valence-corrected chi connectivity index (χ2v) is 5.33. The largest absolute Gasteiger partial charge is 0.392 e. The fraction of sp³-hybridized carbons (Fsp3) is 0.538. The Bertz CT molecular complexity index is 342. The molecular weight excluding hydrogens is 218 g/mol. The molecule has 2 rings (SSSR count). The maximum Gasteiger partial charge on any atom is 0.0662 e. The van der Waals surface area contributed by atoms with E-state index in [1.54, 1.807) is 0 Å². The molecule has 88 valence electrons. The van der Waals surface area contributed by atoms with Gasteiger partial charge in [-0.15, -0.1) is 11.8 Å². The minimum absolute atomic E-state index is 0.221. The van der Waals surface area contributed by atoms with Crippen molar-refractivity contribution in [1.82, 2.24) is 5.32 Å². The molecule has 0 spiro atoms. The summed E-state index contributed by atoms with van der Waals surface area (Å²) in [5.41, 5.74) is 1.39. The summed E-state index contributed by atoms with van der Waals surface area (Å²) in [6.07, 6.45) is 1.75. The van der Waals surface area contributed by atoms with Gasteiger partial charge in [0.15, 0.2) is 0 Å². The quantitative estimate of drug-likeness (QED) is 0.844. The zero-order valence-electron chi connectivity index (χ0n) is 9.65. The number of aliphatic hydroxyl groups excluding tert-OH is 1. The minimum atomic E-state index is -0.221. The van der Waals surface area contributed by atoms with Gasteiger partial charge in [0, 0.05) is 17.5 Å². The van der Waals surface area contributed by atoms with E-state index in [1.165, 1.54) is 10.5 Å². The van der Waals surface area contributed by atoms with E-state index in [0.29, 0.717) is 12.6 Å². The number of hydrogen-bond donors (Lipinski definition) is 2. The van der Waals surface area contributed by atoms with E-state index in [4.69, 9.17) is 0 Å². The lowest BCUT2D eigenvalue weighted by atomic mass is 10.0. The lowest BCUT2D eigenvalue weighted by Crippen LogP contribution is -2.31. The van der Waals surface area contributed by atoms with Gasteiger partial charge < -0.3 is 10.4 Å². The monoisotopic (exact) mass is 237 g/mol. The predicted molar refractivity (Wildman–Crippen MR) is 68.8 cm³/mol. The van der Waals surface area contributed by atoms with Crippen LogP contribution in [0.25, 0.3) is 0 Å². The van der Waals surface area contributed by atoms with E-state index >= 15 is 0 Å². The lowest BCUT2D eigenvalue weighted by molar-refractivity contribution is 0.162. The van der Waals surface area contributed by atoms with E-state index in [0.717, 1.165) is 18.6 Å².